The van der Waals surface area contributed by atoms with E-state index >= 15 is 0 Å². The molecule has 1 N–H and O–H groups in total. The Bertz CT molecular complexity index is 436. The molecule has 0 fully saturated rings. The Morgan fingerprint density at radius 1 is 1.37 bits per heavy atom. The van der Waals surface area contributed by atoms with Crippen molar-refractivity contribution in [3.63, 3.8) is 0 Å². The average molecular weight is 344 g/mol. The van der Waals surface area contributed by atoms with E-state index in [1.54, 1.807) is 6.92 Å². The fraction of sp³-hybridized carbons (Fsp3) is 0.500. The molecule has 0 saturated carbocycles. The van der Waals surface area contributed by atoms with Gasteiger partial charge in [0.1, 0.15) is 17.6 Å². The highest BCUT2D eigenvalue weighted by molar-refractivity contribution is 9.10. The summed E-state index contributed by atoms with van der Waals surface area (Å²) < 4.78 is 57.3. The third-order valence-corrected chi connectivity index (χ3v) is 3.12. The Labute approximate surface area is 117 Å². The normalized spacial score (nSPS) is 13.4. The van der Waals surface area contributed by atoms with Crippen LogP contribution >= 0.6 is 15.9 Å². The van der Waals surface area contributed by atoms with Crippen LogP contribution in [-0.4, -0.2) is 19.8 Å². The summed E-state index contributed by atoms with van der Waals surface area (Å²) in [4.78, 5) is 0. The lowest BCUT2D eigenvalue weighted by Gasteiger charge is -2.24. The van der Waals surface area contributed by atoms with Crippen molar-refractivity contribution in [1.82, 2.24) is 5.32 Å². The first-order valence-corrected chi connectivity index (χ1v) is 6.43. The van der Waals surface area contributed by atoms with Gasteiger partial charge in [-0.2, -0.15) is 13.2 Å². The summed E-state index contributed by atoms with van der Waals surface area (Å²) >= 11 is 2.89. The number of ether oxygens (including phenoxy) is 1. The lowest BCUT2D eigenvalue weighted by atomic mass is 10.0. The van der Waals surface area contributed by atoms with Crippen molar-refractivity contribution in [2.24, 2.45) is 0 Å². The molecule has 0 aliphatic heterocycles. The van der Waals surface area contributed by atoms with Gasteiger partial charge in [-0.15, -0.1) is 0 Å². The van der Waals surface area contributed by atoms with Crippen LogP contribution in [0.5, 0.6) is 5.75 Å². The number of rotatable bonds is 5. The van der Waals surface area contributed by atoms with Gasteiger partial charge in [-0.05, 0) is 35.0 Å². The maximum absolute atomic E-state index is 13.3. The molecule has 0 aliphatic carbocycles. The van der Waals surface area contributed by atoms with Gasteiger partial charge in [0, 0.05) is 11.6 Å². The molecule has 0 aromatic heterocycles. The van der Waals surface area contributed by atoms with E-state index in [1.165, 1.54) is 7.11 Å². The molecule has 7 heteroatoms. The highest BCUT2D eigenvalue weighted by Gasteiger charge is 2.42. The molecule has 0 heterocycles. The molecule has 2 nitrogen and oxygen atoms in total. The molecule has 1 aromatic carbocycles. The monoisotopic (exact) mass is 343 g/mol. The molecule has 108 valence electrons. The molecular weight excluding hydrogens is 330 g/mol. The van der Waals surface area contributed by atoms with Crippen molar-refractivity contribution in [2.75, 3.05) is 13.7 Å². The molecule has 1 aromatic rings. The number of nitrogens with one attached hydrogen (secondary N) is 1. The number of hydrogen-bond acceptors (Lipinski definition) is 2. The summed E-state index contributed by atoms with van der Waals surface area (Å²) in [6.07, 6.45) is -3.93. The lowest BCUT2D eigenvalue weighted by molar-refractivity contribution is -0.158. The zero-order valence-electron chi connectivity index (χ0n) is 10.4. The molecule has 1 unspecified atom stereocenters. The van der Waals surface area contributed by atoms with Gasteiger partial charge in [0.15, 0.2) is 0 Å². The van der Waals surface area contributed by atoms with Gasteiger partial charge in [-0.25, -0.2) is 4.39 Å². The Kier molecular flexibility index (Phi) is 5.61. The van der Waals surface area contributed by atoms with E-state index in [0.717, 1.165) is 12.1 Å². The van der Waals surface area contributed by atoms with Crippen LogP contribution in [0.1, 0.15) is 24.9 Å². The summed E-state index contributed by atoms with van der Waals surface area (Å²) in [5.74, 6) is -0.802. The summed E-state index contributed by atoms with van der Waals surface area (Å²) in [5.41, 5.74) is -0.142. The minimum absolute atomic E-state index is 0.0316. The fourth-order valence-corrected chi connectivity index (χ4v) is 2.00. The standard InChI is InChI=1S/C12H14BrF4NO/c1-3-4-18-11(12(15,16)17)7-5-8(13)9(14)6-10(7)19-2/h5-6,11,18H,3-4H2,1-2H3. The maximum atomic E-state index is 13.3. The number of halogens is 5. The van der Waals surface area contributed by atoms with Gasteiger partial charge < -0.3 is 10.1 Å². The minimum atomic E-state index is -4.49. The van der Waals surface area contributed by atoms with Crippen LogP contribution < -0.4 is 10.1 Å². The van der Waals surface area contributed by atoms with E-state index in [1.807, 2.05) is 0 Å². The molecule has 0 aliphatic rings. The molecule has 19 heavy (non-hydrogen) atoms. The third-order valence-electron chi connectivity index (χ3n) is 2.51. The van der Waals surface area contributed by atoms with Crippen molar-refractivity contribution in [2.45, 2.75) is 25.6 Å². The SMILES string of the molecule is CCCNC(c1cc(Br)c(F)cc1OC)C(F)(F)F. The van der Waals surface area contributed by atoms with E-state index in [2.05, 4.69) is 21.2 Å². The van der Waals surface area contributed by atoms with Crippen LogP contribution in [0.2, 0.25) is 0 Å². The second-order valence-corrected chi connectivity index (χ2v) is 4.79. The van der Waals surface area contributed by atoms with Crippen molar-refractivity contribution in [3.05, 3.63) is 28.0 Å². The Hall–Kier alpha value is -0.820. The smallest absolute Gasteiger partial charge is 0.408 e. The summed E-state index contributed by atoms with van der Waals surface area (Å²) in [6.45, 7) is 1.96. The van der Waals surface area contributed by atoms with Gasteiger partial charge in [0.25, 0.3) is 0 Å². The molecule has 0 saturated heterocycles. The van der Waals surface area contributed by atoms with E-state index < -0.39 is 18.0 Å². The van der Waals surface area contributed by atoms with Crippen LogP contribution in [0, 0.1) is 5.82 Å². The van der Waals surface area contributed by atoms with Crippen LogP contribution in [0.25, 0.3) is 0 Å². The molecule has 1 rings (SSSR count). The topological polar surface area (TPSA) is 21.3 Å². The van der Waals surface area contributed by atoms with Crippen molar-refractivity contribution >= 4 is 15.9 Å². The van der Waals surface area contributed by atoms with Crippen LogP contribution in [0.15, 0.2) is 16.6 Å². The zero-order chi connectivity index (χ0) is 14.6. The predicted octanol–water partition coefficient (Wildman–Crippen LogP) is 4.20. The molecular formula is C12H14BrF4NO. The quantitative estimate of drug-likeness (QED) is 0.809. The Balaban J connectivity index is 3.24. The minimum Gasteiger partial charge on any atom is -0.496 e. The van der Waals surface area contributed by atoms with E-state index in [4.69, 9.17) is 4.74 Å². The maximum Gasteiger partial charge on any atom is 0.408 e. The zero-order valence-corrected chi connectivity index (χ0v) is 12.0. The van der Waals surface area contributed by atoms with E-state index in [0.29, 0.717) is 6.42 Å². The molecule has 0 spiro atoms. The van der Waals surface area contributed by atoms with Crippen molar-refractivity contribution < 1.29 is 22.3 Å². The molecule has 0 amide bonds. The van der Waals surface area contributed by atoms with Crippen molar-refractivity contribution in [3.8, 4) is 5.75 Å². The molecule has 1 atom stereocenters. The van der Waals surface area contributed by atoms with Gasteiger partial charge in [-0.3, -0.25) is 0 Å². The average Bonchev–Trinajstić information content (AvgIpc) is 2.32. The first-order chi connectivity index (χ1) is 8.81. The van der Waals surface area contributed by atoms with E-state index in [9.17, 15) is 17.6 Å². The largest absolute Gasteiger partial charge is 0.496 e. The highest BCUT2D eigenvalue weighted by Crippen LogP contribution is 2.39. The van der Waals surface area contributed by atoms with Gasteiger partial charge in [-0.1, -0.05) is 6.92 Å². The fourth-order valence-electron chi connectivity index (χ4n) is 1.64. The number of methoxy groups -OCH3 is 1. The Morgan fingerprint density at radius 2 is 2.00 bits per heavy atom. The summed E-state index contributed by atoms with van der Waals surface area (Å²) in [7, 11) is 1.21. The summed E-state index contributed by atoms with van der Waals surface area (Å²) in [5, 5.41) is 2.40. The lowest BCUT2D eigenvalue weighted by Crippen LogP contribution is -2.35. The van der Waals surface area contributed by atoms with Crippen LogP contribution in [-0.2, 0) is 0 Å². The van der Waals surface area contributed by atoms with Crippen molar-refractivity contribution in [1.29, 1.82) is 0 Å². The first-order valence-electron chi connectivity index (χ1n) is 5.64. The second kappa shape index (κ2) is 6.56. The number of hydrogen-bond donors (Lipinski definition) is 1. The van der Waals surface area contributed by atoms with Crippen LogP contribution in [0.3, 0.4) is 0 Å². The van der Waals surface area contributed by atoms with Gasteiger partial charge in [0.2, 0.25) is 0 Å². The highest BCUT2D eigenvalue weighted by atomic mass is 79.9. The summed E-state index contributed by atoms with van der Waals surface area (Å²) in [6, 6.07) is 0.139. The van der Waals surface area contributed by atoms with Gasteiger partial charge in [0.05, 0.1) is 11.6 Å². The number of alkyl halides is 3. The molecule has 0 radical (unpaired) electrons. The second-order valence-electron chi connectivity index (χ2n) is 3.94. The third kappa shape index (κ3) is 4.07. The molecule has 0 bridgehead atoms. The predicted molar refractivity (Wildman–Crippen MR) is 67.7 cm³/mol. The first kappa shape index (κ1) is 16.2. The van der Waals surface area contributed by atoms with Crippen LogP contribution in [0.4, 0.5) is 17.6 Å². The number of benzene rings is 1. The van der Waals surface area contributed by atoms with E-state index in [-0.39, 0.29) is 22.3 Å². The van der Waals surface area contributed by atoms with Gasteiger partial charge >= 0.3 is 6.18 Å². The Morgan fingerprint density at radius 3 is 2.47 bits per heavy atom.